The van der Waals surface area contributed by atoms with Crippen LogP contribution in [0.15, 0.2) is 30.3 Å². The fourth-order valence-electron chi connectivity index (χ4n) is 4.94. The first-order chi connectivity index (χ1) is 18.3. The summed E-state index contributed by atoms with van der Waals surface area (Å²) >= 11 is 0. The number of aliphatic hydroxyl groups excluding tert-OH is 4. The van der Waals surface area contributed by atoms with Crippen LogP contribution in [0.25, 0.3) is 21.9 Å². The molecule has 0 radical (unpaired) electrons. The Hall–Kier alpha value is -3.81. The van der Waals surface area contributed by atoms with E-state index in [0.29, 0.717) is 50.5 Å². The molecule has 38 heavy (non-hydrogen) atoms. The number of esters is 1. The van der Waals surface area contributed by atoms with Gasteiger partial charge in [-0.3, -0.25) is 0 Å². The van der Waals surface area contributed by atoms with E-state index in [4.69, 9.17) is 33.2 Å². The first-order valence-corrected chi connectivity index (χ1v) is 11.7. The van der Waals surface area contributed by atoms with Gasteiger partial charge in [0.1, 0.15) is 30.7 Å². The minimum Gasteiger partial charge on any atom is -0.493 e. The zero-order chi connectivity index (χ0) is 26.7. The molecule has 0 spiro atoms. The van der Waals surface area contributed by atoms with Crippen molar-refractivity contribution in [2.45, 2.75) is 37.5 Å². The number of rotatable bonds is 5. The second-order valence-corrected chi connectivity index (χ2v) is 8.94. The van der Waals surface area contributed by atoms with Crippen LogP contribution in [-0.2, 0) is 16.1 Å². The maximum absolute atomic E-state index is 13.1. The summed E-state index contributed by atoms with van der Waals surface area (Å²) in [5.74, 6) is 1.31. The van der Waals surface area contributed by atoms with Crippen LogP contribution in [0.4, 0.5) is 0 Å². The van der Waals surface area contributed by atoms with Crippen LogP contribution in [-0.4, -0.2) is 78.3 Å². The summed E-state index contributed by atoms with van der Waals surface area (Å²) in [4.78, 5) is 13.1. The van der Waals surface area contributed by atoms with Crippen LogP contribution in [0.1, 0.15) is 15.9 Å². The second kappa shape index (κ2) is 9.19. The first kappa shape index (κ1) is 24.5. The van der Waals surface area contributed by atoms with Gasteiger partial charge in [-0.05, 0) is 35.2 Å². The molecule has 3 aromatic rings. The number of carbonyl (C=O) groups excluding carboxylic acids is 1. The molecule has 12 heteroatoms. The third kappa shape index (κ3) is 3.68. The van der Waals surface area contributed by atoms with Crippen molar-refractivity contribution in [2.75, 3.05) is 21.0 Å². The van der Waals surface area contributed by atoms with Gasteiger partial charge in [-0.1, -0.05) is 6.07 Å². The Labute approximate surface area is 215 Å². The number of carbonyl (C=O) groups is 1. The number of aliphatic hydroxyl groups is 4. The van der Waals surface area contributed by atoms with Crippen LogP contribution in [0.2, 0.25) is 0 Å². The number of hydrogen-bond donors (Lipinski definition) is 4. The topological polar surface area (TPSA) is 163 Å². The smallest absolute Gasteiger partial charge is 0.339 e. The molecule has 12 nitrogen and oxygen atoms in total. The van der Waals surface area contributed by atoms with Gasteiger partial charge in [0.2, 0.25) is 13.1 Å². The van der Waals surface area contributed by atoms with E-state index in [9.17, 15) is 25.2 Å². The summed E-state index contributed by atoms with van der Waals surface area (Å²) in [6, 6.07) is 8.59. The normalized spacial score (nSPS) is 25.7. The van der Waals surface area contributed by atoms with Crippen molar-refractivity contribution < 1.29 is 58.4 Å². The molecule has 0 aromatic heterocycles. The summed E-state index contributed by atoms with van der Waals surface area (Å²) in [6.07, 6.45) is -8.61. The first-order valence-electron chi connectivity index (χ1n) is 11.7. The van der Waals surface area contributed by atoms with Crippen molar-refractivity contribution in [3.63, 3.8) is 0 Å². The molecule has 0 saturated carbocycles. The average molecular weight is 528 g/mol. The lowest BCUT2D eigenvalue weighted by Gasteiger charge is -2.38. The standard InChI is InChI=1S/C26H24O12/c1-32-15-6-11-12(7-16(15)33-2)23(37-26-22(29)20(27)21(28)25(31)38-26)13-8-34-24(30)19(13)18(11)10-3-4-14-17(5-10)36-9-35-14/h3-7,20-22,25-29,31H,8-9H2,1-2H3/t20-,21+,22+,25-,26+/m0/s1. The predicted octanol–water partition coefficient (Wildman–Crippen LogP) is 1.06. The van der Waals surface area contributed by atoms with E-state index in [2.05, 4.69) is 0 Å². The van der Waals surface area contributed by atoms with E-state index in [1.165, 1.54) is 14.2 Å². The highest BCUT2D eigenvalue weighted by Gasteiger charge is 2.45. The van der Waals surface area contributed by atoms with Gasteiger partial charge < -0.3 is 53.6 Å². The third-order valence-corrected chi connectivity index (χ3v) is 6.85. The lowest BCUT2D eigenvalue weighted by atomic mass is 9.89. The monoisotopic (exact) mass is 528 g/mol. The summed E-state index contributed by atoms with van der Waals surface area (Å²) in [5, 5.41) is 41.5. The highest BCUT2D eigenvalue weighted by atomic mass is 16.7. The molecular weight excluding hydrogens is 504 g/mol. The Morgan fingerprint density at radius 1 is 0.816 bits per heavy atom. The van der Waals surface area contributed by atoms with E-state index in [0.717, 1.165) is 0 Å². The van der Waals surface area contributed by atoms with Crippen molar-refractivity contribution in [3.8, 4) is 39.9 Å². The van der Waals surface area contributed by atoms with Crippen LogP contribution in [0.3, 0.4) is 0 Å². The van der Waals surface area contributed by atoms with Crippen molar-refractivity contribution in [1.29, 1.82) is 0 Å². The van der Waals surface area contributed by atoms with E-state index in [-0.39, 0.29) is 24.7 Å². The molecule has 1 saturated heterocycles. The molecule has 5 atom stereocenters. The van der Waals surface area contributed by atoms with Gasteiger partial charge in [-0.2, -0.15) is 0 Å². The van der Waals surface area contributed by atoms with E-state index in [1.807, 2.05) is 0 Å². The minimum atomic E-state index is -1.82. The highest BCUT2D eigenvalue weighted by Crippen LogP contribution is 2.49. The summed E-state index contributed by atoms with van der Waals surface area (Å²) in [6.45, 7) is -0.0739. The zero-order valence-corrected chi connectivity index (χ0v) is 20.2. The Bertz CT molecular complexity index is 1440. The van der Waals surface area contributed by atoms with Gasteiger partial charge in [0.15, 0.2) is 29.3 Å². The molecule has 0 unspecified atom stereocenters. The Kier molecular flexibility index (Phi) is 5.93. The quantitative estimate of drug-likeness (QED) is 0.349. The Morgan fingerprint density at radius 3 is 2.26 bits per heavy atom. The maximum Gasteiger partial charge on any atom is 0.339 e. The molecule has 0 aliphatic carbocycles. The van der Waals surface area contributed by atoms with Gasteiger partial charge in [0.05, 0.1) is 19.8 Å². The van der Waals surface area contributed by atoms with Gasteiger partial charge >= 0.3 is 5.97 Å². The predicted molar refractivity (Wildman–Crippen MR) is 127 cm³/mol. The molecule has 3 aliphatic rings. The lowest BCUT2D eigenvalue weighted by molar-refractivity contribution is -0.321. The summed E-state index contributed by atoms with van der Waals surface area (Å²) < 4.78 is 38.7. The number of methoxy groups -OCH3 is 2. The third-order valence-electron chi connectivity index (χ3n) is 6.85. The summed E-state index contributed by atoms with van der Waals surface area (Å²) in [7, 11) is 2.94. The average Bonchev–Trinajstić information content (AvgIpc) is 3.55. The fourth-order valence-corrected chi connectivity index (χ4v) is 4.94. The molecular formula is C26H24O12. The minimum absolute atomic E-state index is 0.0770. The molecule has 3 aliphatic heterocycles. The Balaban J connectivity index is 1.61. The molecule has 0 bridgehead atoms. The van der Waals surface area contributed by atoms with Crippen molar-refractivity contribution in [1.82, 2.24) is 0 Å². The molecule has 3 aromatic carbocycles. The van der Waals surface area contributed by atoms with Gasteiger partial charge in [-0.25, -0.2) is 4.79 Å². The van der Waals surface area contributed by atoms with Gasteiger partial charge in [0, 0.05) is 16.5 Å². The molecule has 200 valence electrons. The van der Waals surface area contributed by atoms with Crippen LogP contribution in [0.5, 0.6) is 28.7 Å². The maximum atomic E-state index is 13.1. The Morgan fingerprint density at radius 2 is 1.53 bits per heavy atom. The second-order valence-electron chi connectivity index (χ2n) is 8.94. The van der Waals surface area contributed by atoms with Crippen molar-refractivity contribution in [2.24, 2.45) is 0 Å². The number of ether oxygens (including phenoxy) is 7. The van der Waals surface area contributed by atoms with Crippen molar-refractivity contribution in [3.05, 3.63) is 41.5 Å². The van der Waals surface area contributed by atoms with Crippen LogP contribution < -0.4 is 23.7 Å². The van der Waals surface area contributed by atoms with Crippen molar-refractivity contribution >= 4 is 16.7 Å². The highest BCUT2D eigenvalue weighted by molar-refractivity contribution is 6.14. The molecule has 3 heterocycles. The number of benzene rings is 3. The molecule has 6 rings (SSSR count). The zero-order valence-electron chi connectivity index (χ0n) is 20.2. The van der Waals surface area contributed by atoms with Gasteiger partial charge in [0.25, 0.3) is 0 Å². The van der Waals surface area contributed by atoms with E-state index >= 15 is 0 Å². The molecule has 1 fully saturated rings. The van der Waals surface area contributed by atoms with E-state index < -0.39 is 36.9 Å². The number of hydrogen-bond acceptors (Lipinski definition) is 12. The SMILES string of the molecule is COc1cc2c(O[C@@H]3O[C@H](O)[C@H](O)[C@H](O)[C@H]3O)c3c(c(-c4ccc5c(c4)OCO5)c2cc1OC)C(=O)OC3. The summed E-state index contributed by atoms with van der Waals surface area (Å²) in [5.41, 5.74) is 1.72. The largest absolute Gasteiger partial charge is 0.493 e. The van der Waals surface area contributed by atoms with Crippen LogP contribution >= 0.6 is 0 Å². The van der Waals surface area contributed by atoms with Gasteiger partial charge in [-0.15, -0.1) is 0 Å². The fraction of sp³-hybridized carbons (Fsp3) is 0.346. The number of cyclic esters (lactones) is 1. The van der Waals surface area contributed by atoms with E-state index in [1.54, 1.807) is 30.3 Å². The number of fused-ring (bicyclic) bond motifs is 3. The van der Waals surface area contributed by atoms with Crippen LogP contribution in [0, 0.1) is 0 Å². The molecule has 0 amide bonds. The molecule has 4 N–H and O–H groups in total. The lowest BCUT2D eigenvalue weighted by Crippen LogP contribution is -2.59.